The Bertz CT molecular complexity index is 1160. The number of halogens is 1. The van der Waals surface area contributed by atoms with Crippen LogP contribution in [0.3, 0.4) is 0 Å². The van der Waals surface area contributed by atoms with Crippen molar-refractivity contribution in [3.05, 3.63) is 82.3 Å². The van der Waals surface area contributed by atoms with Crippen molar-refractivity contribution in [2.45, 2.75) is 19.8 Å². The first-order chi connectivity index (χ1) is 16.0. The smallest absolute Gasteiger partial charge is 0.265 e. The molecule has 0 saturated carbocycles. The van der Waals surface area contributed by atoms with Gasteiger partial charge in [0, 0.05) is 16.7 Å². The lowest BCUT2D eigenvalue weighted by atomic mass is 10.1. The Morgan fingerprint density at radius 2 is 1.88 bits per heavy atom. The normalized spacial score (nSPS) is 12.7. The van der Waals surface area contributed by atoms with Crippen molar-refractivity contribution in [3.8, 4) is 11.5 Å². The van der Waals surface area contributed by atoms with Crippen LogP contribution in [0.1, 0.15) is 28.8 Å². The minimum absolute atomic E-state index is 0.00930. The van der Waals surface area contributed by atoms with Gasteiger partial charge in [0.05, 0.1) is 17.9 Å². The molecule has 33 heavy (non-hydrogen) atoms. The summed E-state index contributed by atoms with van der Waals surface area (Å²) in [5.41, 5.74) is 2.90. The van der Waals surface area contributed by atoms with E-state index in [0.717, 1.165) is 24.2 Å². The molecule has 0 fully saturated rings. The molecule has 1 aliphatic rings. The molecule has 1 heterocycles. The molecule has 1 aliphatic heterocycles. The molecule has 0 radical (unpaired) electrons. The fraction of sp³-hybridized carbons (Fsp3) is 0.231. The molecule has 0 unspecified atom stereocenters. The number of rotatable bonds is 8. The van der Waals surface area contributed by atoms with Crippen molar-refractivity contribution in [3.63, 3.8) is 0 Å². The number of carbonyl (C=O) groups is 2. The Morgan fingerprint density at radius 3 is 2.70 bits per heavy atom. The van der Waals surface area contributed by atoms with Crippen LogP contribution < -0.4 is 19.7 Å². The number of unbranched alkanes of at least 4 members (excludes halogenated alkanes) is 1. The number of para-hydroxylation sites is 1. The molecule has 7 heteroatoms. The third-order valence-corrected chi connectivity index (χ3v) is 6.10. The summed E-state index contributed by atoms with van der Waals surface area (Å²) in [6.07, 6.45) is 1.59. The van der Waals surface area contributed by atoms with E-state index in [4.69, 9.17) is 9.47 Å². The van der Waals surface area contributed by atoms with E-state index < -0.39 is 0 Å². The molecular formula is C26H25BrN2O4. The number of anilines is 2. The Kier molecular flexibility index (Phi) is 7.29. The van der Waals surface area contributed by atoms with Crippen molar-refractivity contribution in [1.82, 2.24) is 0 Å². The minimum Gasteiger partial charge on any atom is -0.493 e. The van der Waals surface area contributed by atoms with Gasteiger partial charge in [0.1, 0.15) is 11.5 Å². The highest BCUT2D eigenvalue weighted by atomic mass is 79.9. The summed E-state index contributed by atoms with van der Waals surface area (Å²) >= 11 is 3.40. The van der Waals surface area contributed by atoms with Gasteiger partial charge in [-0.15, -0.1) is 0 Å². The number of amides is 2. The maximum Gasteiger partial charge on any atom is 0.265 e. The first-order valence-corrected chi connectivity index (χ1v) is 11.6. The van der Waals surface area contributed by atoms with Crippen molar-refractivity contribution >= 4 is 39.1 Å². The van der Waals surface area contributed by atoms with Gasteiger partial charge >= 0.3 is 0 Å². The van der Waals surface area contributed by atoms with Crippen LogP contribution in [0, 0.1) is 6.92 Å². The standard InChI is InChI=1S/C26H25BrN2O4/c1-18-8-2-5-11-23(18)32-15-7-6-14-29-22-16-19(12-13-24(22)33-17-25(29)30)28-26(31)20-9-3-4-10-21(20)27/h2-5,8-13,16H,6-7,14-15,17H2,1H3,(H,28,31). The third-order valence-electron chi connectivity index (χ3n) is 5.41. The van der Waals surface area contributed by atoms with Gasteiger partial charge in [-0.25, -0.2) is 0 Å². The van der Waals surface area contributed by atoms with E-state index in [-0.39, 0.29) is 18.4 Å². The summed E-state index contributed by atoms with van der Waals surface area (Å²) in [6.45, 7) is 3.16. The predicted molar refractivity (Wildman–Crippen MR) is 132 cm³/mol. The van der Waals surface area contributed by atoms with Crippen molar-refractivity contribution < 1.29 is 19.1 Å². The van der Waals surface area contributed by atoms with E-state index in [0.29, 0.717) is 40.3 Å². The second-order valence-corrected chi connectivity index (χ2v) is 8.63. The van der Waals surface area contributed by atoms with Gasteiger partial charge in [-0.05, 0) is 77.7 Å². The third kappa shape index (κ3) is 5.54. The Labute approximate surface area is 201 Å². The number of hydrogen-bond acceptors (Lipinski definition) is 4. The lowest BCUT2D eigenvalue weighted by Gasteiger charge is -2.30. The number of ether oxygens (including phenoxy) is 2. The van der Waals surface area contributed by atoms with Crippen LogP contribution >= 0.6 is 15.9 Å². The van der Waals surface area contributed by atoms with Crippen molar-refractivity contribution in [2.24, 2.45) is 0 Å². The molecule has 170 valence electrons. The predicted octanol–water partition coefficient (Wildman–Crippen LogP) is 5.59. The lowest BCUT2D eigenvalue weighted by molar-refractivity contribution is -0.121. The monoisotopic (exact) mass is 508 g/mol. The quantitative estimate of drug-likeness (QED) is 0.402. The Hall–Kier alpha value is -3.32. The molecule has 3 aromatic carbocycles. The van der Waals surface area contributed by atoms with Gasteiger partial charge in [-0.3, -0.25) is 9.59 Å². The van der Waals surface area contributed by atoms with E-state index in [1.165, 1.54) is 0 Å². The summed E-state index contributed by atoms with van der Waals surface area (Å²) in [5.74, 6) is 1.18. The Balaban J connectivity index is 1.39. The van der Waals surface area contributed by atoms with Gasteiger partial charge in [0.25, 0.3) is 11.8 Å². The van der Waals surface area contributed by atoms with Crippen molar-refractivity contribution in [1.29, 1.82) is 0 Å². The van der Waals surface area contributed by atoms with E-state index in [2.05, 4.69) is 21.2 Å². The zero-order valence-corrected chi connectivity index (χ0v) is 19.9. The first-order valence-electron chi connectivity index (χ1n) is 10.8. The molecule has 1 N–H and O–H groups in total. The van der Waals surface area contributed by atoms with Crippen LogP contribution in [0.4, 0.5) is 11.4 Å². The van der Waals surface area contributed by atoms with Gasteiger partial charge in [0.15, 0.2) is 6.61 Å². The summed E-state index contributed by atoms with van der Waals surface area (Å²) in [5, 5.41) is 2.90. The average molecular weight is 509 g/mol. The first kappa shape index (κ1) is 22.9. The zero-order chi connectivity index (χ0) is 23.2. The molecule has 0 aliphatic carbocycles. The second-order valence-electron chi connectivity index (χ2n) is 7.77. The lowest BCUT2D eigenvalue weighted by Crippen LogP contribution is -2.39. The van der Waals surface area contributed by atoms with Crippen LogP contribution in [-0.2, 0) is 4.79 Å². The highest BCUT2D eigenvalue weighted by Crippen LogP contribution is 2.35. The largest absolute Gasteiger partial charge is 0.493 e. The number of carbonyl (C=O) groups excluding carboxylic acids is 2. The van der Waals surface area contributed by atoms with Crippen LogP contribution in [0.2, 0.25) is 0 Å². The van der Waals surface area contributed by atoms with E-state index in [1.54, 1.807) is 29.2 Å². The molecule has 0 saturated heterocycles. The van der Waals surface area contributed by atoms with Gasteiger partial charge in [0.2, 0.25) is 0 Å². The molecular weight excluding hydrogens is 484 g/mol. The van der Waals surface area contributed by atoms with E-state index >= 15 is 0 Å². The molecule has 4 rings (SSSR count). The van der Waals surface area contributed by atoms with Gasteiger partial charge in [-0.1, -0.05) is 30.3 Å². The number of benzene rings is 3. The van der Waals surface area contributed by atoms with Gasteiger partial charge < -0.3 is 19.7 Å². The molecule has 0 atom stereocenters. The maximum atomic E-state index is 12.7. The minimum atomic E-state index is -0.231. The fourth-order valence-electron chi connectivity index (χ4n) is 3.64. The molecule has 0 aromatic heterocycles. The zero-order valence-electron chi connectivity index (χ0n) is 18.3. The molecule has 0 bridgehead atoms. The van der Waals surface area contributed by atoms with E-state index in [9.17, 15) is 9.59 Å². The molecule has 2 amide bonds. The average Bonchev–Trinajstić information content (AvgIpc) is 2.81. The number of fused-ring (bicyclic) bond motifs is 1. The maximum absolute atomic E-state index is 12.7. The van der Waals surface area contributed by atoms with Gasteiger partial charge in [-0.2, -0.15) is 0 Å². The summed E-state index contributed by atoms with van der Waals surface area (Å²) < 4.78 is 12.2. The highest BCUT2D eigenvalue weighted by Gasteiger charge is 2.25. The Morgan fingerprint density at radius 1 is 1.09 bits per heavy atom. The second kappa shape index (κ2) is 10.5. The van der Waals surface area contributed by atoms with E-state index in [1.807, 2.05) is 49.4 Å². The summed E-state index contributed by atoms with van der Waals surface area (Å²) in [7, 11) is 0. The number of hydrogen-bond donors (Lipinski definition) is 1. The number of aryl methyl sites for hydroxylation is 1. The van der Waals surface area contributed by atoms with Crippen molar-refractivity contribution in [2.75, 3.05) is 30.0 Å². The summed E-state index contributed by atoms with van der Waals surface area (Å²) in [4.78, 5) is 27.0. The highest BCUT2D eigenvalue weighted by molar-refractivity contribution is 9.10. The van der Waals surface area contributed by atoms with Crippen LogP contribution in [0.15, 0.2) is 71.2 Å². The fourth-order valence-corrected chi connectivity index (χ4v) is 4.11. The SMILES string of the molecule is Cc1ccccc1OCCCCN1C(=O)COc2ccc(NC(=O)c3ccccc3Br)cc21. The summed E-state index contributed by atoms with van der Waals surface area (Å²) in [6, 6.07) is 20.5. The molecule has 6 nitrogen and oxygen atoms in total. The topological polar surface area (TPSA) is 67.9 Å². The number of nitrogens with zero attached hydrogens (tertiary/aromatic N) is 1. The van der Waals surface area contributed by atoms with Crippen LogP contribution in [0.25, 0.3) is 0 Å². The van der Waals surface area contributed by atoms with Crippen LogP contribution in [-0.4, -0.2) is 31.6 Å². The molecule has 3 aromatic rings. The molecule has 0 spiro atoms. The number of nitrogens with one attached hydrogen (secondary N) is 1. The van der Waals surface area contributed by atoms with Crippen LogP contribution in [0.5, 0.6) is 11.5 Å².